The third-order valence-electron chi connectivity index (χ3n) is 4.57. The van der Waals surface area contributed by atoms with Gasteiger partial charge in [0.05, 0.1) is 6.04 Å². The Hall–Kier alpha value is -1.71. The van der Waals surface area contributed by atoms with Gasteiger partial charge >= 0.3 is 6.09 Å². The van der Waals surface area contributed by atoms with Gasteiger partial charge in [-0.05, 0) is 45.7 Å². The first-order valence-corrected chi connectivity index (χ1v) is 10.00. The number of rotatable bonds is 6. The molecule has 0 saturated carbocycles. The number of anilines is 1. The number of likely N-dealkylation sites (tertiary alicyclic amines) is 1. The number of para-hydroxylation sites is 1. The zero-order valence-corrected chi connectivity index (χ0v) is 20.6. The van der Waals surface area contributed by atoms with Gasteiger partial charge in [0.15, 0.2) is 5.96 Å². The Balaban J connectivity index is 0.00000420. The van der Waals surface area contributed by atoms with Crippen LogP contribution >= 0.6 is 24.0 Å². The second-order valence-corrected chi connectivity index (χ2v) is 8.16. The van der Waals surface area contributed by atoms with Crippen LogP contribution in [0, 0.1) is 0 Å². The van der Waals surface area contributed by atoms with Crippen LogP contribution in [0.15, 0.2) is 35.3 Å². The van der Waals surface area contributed by atoms with Crippen molar-refractivity contribution >= 4 is 41.7 Å². The summed E-state index contributed by atoms with van der Waals surface area (Å²) in [5.74, 6) is 0.885. The largest absolute Gasteiger partial charge is 0.444 e. The van der Waals surface area contributed by atoms with Gasteiger partial charge in [-0.3, -0.25) is 4.99 Å². The van der Waals surface area contributed by atoms with Crippen LogP contribution in [0.4, 0.5) is 10.5 Å². The molecule has 164 valence electrons. The molecule has 1 aliphatic rings. The Labute approximate surface area is 192 Å². The maximum absolute atomic E-state index is 12.0. The fraction of sp³-hybridized carbons (Fsp3) is 0.619. The van der Waals surface area contributed by atoms with Gasteiger partial charge in [-0.1, -0.05) is 18.2 Å². The van der Waals surface area contributed by atoms with E-state index in [-0.39, 0.29) is 36.1 Å². The van der Waals surface area contributed by atoms with Crippen LogP contribution in [0.1, 0.15) is 33.6 Å². The van der Waals surface area contributed by atoms with E-state index >= 15 is 0 Å². The van der Waals surface area contributed by atoms with Crippen molar-refractivity contribution in [3.63, 3.8) is 0 Å². The highest BCUT2D eigenvalue weighted by molar-refractivity contribution is 14.0. The Morgan fingerprint density at radius 2 is 2.00 bits per heavy atom. The number of carbonyl (C=O) groups excluding carboxylic acids is 1. The first-order valence-electron chi connectivity index (χ1n) is 10.00. The van der Waals surface area contributed by atoms with Gasteiger partial charge in [-0.15, -0.1) is 24.0 Å². The molecular formula is C21H36IN5O2. The van der Waals surface area contributed by atoms with Crippen molar-refractivity contribution in [3.8, 4) is 0 Å². The smallest absolute Gasteiger partial charge is 0.407 e. The number of benzene rings is 1. The number of aliphatic imine (C=N–C) groups is 1. The minimum Gasteiger partial charge on any atom is -0.444 e. The van der Waals surface area contributed by atoms with E-state index < -0.39 is 5.60 Å². The predicted molar refractivity (Wildman–Crippen MR) is 130 cm³/mol. The molecule has 1 atom stereocenters. The summed E-state index contributed by atoms with van der Waals surface area (Å²) in [5, 5.41) is 6.39. The lowest BCUT2D eigenvalue weighted by molar-refractivity contribution is 0.0507. The van der Waals surface area contributed by atoms with E-state index in [9.17, 15) is 4.79 Å². The van der Waals surface area contributed by atoms with Gasteiger partial charge in [0.2, 0.25) is 0 Å². The summed E-state index contributed by atoms with van der Waals surface area (Å²) in [5.41, 5.74) is 0.745. The highest BCUT2D eigenvalue weighted by atomic mass is 127. The highest BCUT2D eigenvalue weighted by Crippen LogP contribution is 2.13. The zero-order chi connectivity index (χ0) is 20.6. The van der Waals surface area contributed by atoms with Gasteiger partial charge < -0.3 is 25.2 Å². The molecule has 0 bridgehead atoms. The third kappa shape index (κ3) is 9.10. The molecule has 1 aromatic rings. The molecule has 1 aliphatic heterocycles. The molecule has 0 aromatic heterocycles. The number of hydrogen-bond acceptors (Lipinski definition) is 4. The topological polar surface area (TPSA) is 69.2 Å². The lowest BCUT2D eigenvalue weighted by Crippen LogP contribution is -2.44. The minimum absolute atomic E-state index is 0. The molecule has 1 saturated heterocycles. The van der Waals surface area contributed by atoms with E-state index in [0.29, 0.717) is 0 Å². The maximum atomic E-state index is 12.0. The molecule has 1 aromatic carbocycles. The van der Waals surface area contributed by atoms with E-state index in [2.05, 4.69) is 56.7 Å². The van der Waals surface area contributed by atoms with Crippen molar-refractivity contribution in [3.05, 3.63) is 30.3 Å². The Kier molecular flexibility index (Phi) is 10.6. The molecule has 0 radical (unpaired) electrons. The molecule has 7 nitrogen and oxygen atoms in total. The van der Waals surface area contributed by atoms with E-state index in [1.54, 1.807) is 7.05 Å². The van der Waals surface area contributed by atoms with Crippen molar-refractivity contribution in [2.75, 3.05) is 45.2 Å². The third-order valence-corrected chi connectivity index (χ3v) is 4.57. The molecule has 8 heteroatoms. The Morgan fingerprint density at radius 1 is 1.31 bits per heavy atom. The van der Waals surface area contributed by atoms with Crippen LogP contribution in [0.2, 0.25) is 0 Å². The molecule has 1 fully saturated rings. The second-order valence-electron chi connectivity index (χ2n) is 8.16. The number of halogens is 1. The normalized spacial score (nSPS) is 16.8. The molecule has 1 unspecified atom stereocenters. The van der Waals surface area contributed by atoms with Crippen LogP contribution in [-0.4, -0.2) is 68.9 Å². The van der Waals surface area contributed by atoms with Gasteiger partial charge in [0.1, 0.15) is 5.60 Å². The summed E-state index contributed by atoms with van der Waals surface area (Å²) < 4.78 is 5.34. The Bertz CT molecular complexity index is 648. The second kappa shape index (κ2) is 12.1. The quantitative estimate of drug-likeness (QED) is 0.262. The van der Waals surface area contributed by atoms with Gasteiger partial charge in [0.25, 0.3) is 0 Å². The molecule has 0 spiro atoms. The molecule has 1 amide bonds. The molecular weight excluding hydrogens is 481 g/mol. The summed E-state index contributed by atoms with van der Waals surface area (Å²) in [6.07, 6.45) is 1.54. The van der Waals surface area contributed by atoms with Gasteiger partial charge in [-0.25, -0.2) is 4.79 Å². The summed E-state index contributed by atoms with van der Waals surface area (Å²) in [6.45, 7) is 9.03. The molecule has 0 aliphatic carbocycles. The molecule has 1 heterocycles. The van der Waals surface area contributed by atoms with Crippen LogP contribution in [0.3, 0.4) is 0 Å². The van der Waals surface area contributed by atoms with Crippen molar-refractivity contribution in [1.29, 1.82) is 0 Å². The number of hydrogen-bond donors (Lipinski definition) is 2. The minimum atomic E-state index is -0.479. The average molecular weight is 517 g/mol. The van der Waals surface area contributed by atoms with E-state index in [0.717, 1.165) is 45.0 Å². The van der Waals surface area contributed by atoms with Crippen molar-refractivity contribution in [2.45, 2.75) is 45.3 Å². The maximum Gasteiger partial charge on any atom is 0.407 e. The number of alkyl carbamates (subject to hydrolysis) is 1. The van der Waals surface area contributed by atoms with Gasteiger partial charge in [0, 0.05) is 46.0 Å². The molecule has 2 rings (SSSR count). The summed E-state index contributed by atoms with van der Waals surface area (Å²) in [4.78, 5) is 20.8. The standard InChI is InChI=1S/C21H35N5O2.HI/c1-21(2,3)28-20(27)24-17-12-15-26(16-17)19(22-4)23-13-9-14-25(5)18-10-7-6-8-11-18;/h6-8,10-11,17H,9,12-16H2,1-5H3,(H,22,23)(H,24,27);1H. The monoisotopic (exact) mass is 517 g/mol. The van der Waals surface area contributed by atoms with Crippen LogP contribution in [-0.2, 0) is 4.74 Å². The number of nitrogens with one attached hydrogen (secondary N) is 2. The fourth-order valence-electron chi connectivity index (χ4n) is 3.20. The average Bonchev–Trinajstić information content (AvgIpc) is 3.08. The zero-order valence-electron chi connectivity index (χ0n) is 18.3. The number of nitrogens with zero attached hydrogens (tertiary/aromatic N) is 3. The number of guanidine groups is 1. The number of ether oxygens (including phenoxy) is 1. The number of carbonyl (C=O) groups is 1. The van der Waals surface area contributed by atoms with Crippen LogP contribution in [0.5, 0.6) is 0 Å². The Morgan fingerprint density at radius 3 is 2.62 bits per heavy atom. The van der Waals surface area contributed by atoms with E-state index in [4.69, 9.17) is 4.74 Å². The SMILES string of the molecule is CN=C(NCCCN(C)c1ccccc1)N1CCC(NC(=O)OC(C)(C)C)C1.I. The van der Waals surface area contributed by atoms with Gasteiger partial charge in [-0.2, -0.15) is 0 Å². The van der Waals surface area contributed by atoms with Crippen LogP contribution in [0.25, 0.3) is 0 Å². The highest BCUT2D eigenvalue weighted by Gasteiger charge is 2.27. The first-order chi connectivity index (χ1) is 13.3. The lowest BCUT2D eigenvalue weighted by Gasteiger charge is -2.24. The van der Waals surface area contributed by atoms with Crippen molar-refractivity contribution in [1.82, 2.24) is 15.5 Å². The number of amides is 1. The first kappa shape index (κ1) is 25.3. The molecule has 29 heavy (non-hydrogen) atoms. The van der Waals surface area contributed by atoms with Crippen molar-refractivity contribution in [2.24, 2.45) is 4.99 Å². The van der Waals surface area contributed by atoms with E-state index in [1.807, 2.05) is 26.8 Å². The molecule has 2 N–H and O–H groups in total. The fourth-order valence-corrected chi connectivity index (χ4v) is 3.20. The van der Waals surface area contributed by atoms with E-state index in [1.165, 1.54) is 5.69 Å². The lowest BCUT2D eigenvalue weighted by atomic mass is 10.2. The van der Waals surface area contributed by atoms with Crippen molar-refractivity contribution < 1.29 is 9.53 Å². The predicted octanol–water partition coefficient (Wildman–Crippen LogP) is 3.31. The van der Waals surface area contributed by atoms with Crippen LogP contribution < -0.4 is 15.5 Å². The summed E-state index contributed by atoms with van der Waals surface area (Å²) in [6, 6.07) is 10.5. The summed E-state index contributed by atoms with van der Waals surface area (Å²) >= 11 is 0. The summed E-state index contributed by atoms with van der Waals surface area (Å²) in [7, 11) is 3.91.